The third kappa shape index (κ3) is 4.53. The van der Waals surface area contributed by atoms with E-state index in [-0.39, 0.29) is 16.7 Å². The van der Waals surface area contributed by atoms with Crippen molar-refractivity contribution in [3.8, 4) is 11.1 Å². The molecule has 2 heterocycles. The molecule has 40 heavy (non-hydrogen) atoms. The van der Waals surface area contributed by atoms with Gasteiger partial charge in [-0.15, -0.1) is 0 Å². The first-order valence-corrected chi connectivity index (χ1v) is 14.8. The van der Waals surface area contributed by atoms with Crippen LogP contribution in [0.15, 0.2) is 36.4 Å². The Balaban J connectivity index is 1.20. The second-order valence-corrected chi connectivity index (χ2v) is 12.4. The Labute approximate surface area is 241 Å². The van der Waals surface area contributed by atoms with Crippen molar-refractivity contribution >= 4 is 35.2 Å². The maximum Gasteiger partial charge on any atom is 0.291 e. The quantitative estimate of drug-likeness (QED) is 0.326. The molecule has 2 aromatic carbocycles. The summed E-state index contributed by atoms with van der Waals surface area (Å²) in [6, 6.07) is 11.9. The van der Waals surface area contributed by atoms with Crippen LogP contribution >= 0.6 is 11.6 Å². The second-order valence-electron chi connectivity index (χ2n) is 12.1. The Hall–Kier alpha value is -3.16. The summed E-state index contributed by atoms with van der Waals surface area (Å²) in [6.45, 7) is 4.83. The number of carbonyl (C=O) groups is 2. The highest BCUT2D eigenvalue weighted by molar-refractivity contribution is 6.36. The van der Waals surface area contributed by atoms with Gasteiger partial charge in [0, 0.05) is 62.5 Å². The van der Waals surface area contributed by atoms with Crippen LogP contribution < -0.4 is 10.6 Å². The molecule has 7 nitrogen and oxygen atoms in total. The molecule has 2 fully saturated rings. The average molecular weight is 560 g/mol. The molecule has 0 atom stereocenters. The third-order valence-corrected chi connectivity index (χ3v) is 10.1. The smallest absolute Gasteiger partial charge is 0.291 e. The van der Waals surface area contributed by atoms with Crippen LogP contribution in [0.3, 0.4) is 0 Å². The summed E-state index contributed by atoms with van der Waals surface area (Å²) in [6.07, 6.45) is 8.33. The minimum Gasteiger partial charge on any atom is -0.388 e. The maximum atomic E-state index is 13.5. The number of carbonyl (C=O) groups excluding carboxylic acids is 2. The lowest BCUT2D eigenvalue weighted by Gasteiger charge is -2.35. The minimum absolute atomic E-state index is 0.0659. The van der Waals surface area contributed by atoms with Crippen molar-refractivity contribution in [2.45, 2.75) is 58.4 Å². The Bertz CT molecular complexity index is 1470. The molecule has 2 N–H and O–H groups in total. The van der Waals surface area contributed by atoms with E-state index in [1.54, 1.807) is 0 Å². The van der Waals surface area contributed by atoms with Crippen LogP contribution in [-0.2, 0) is 31.2 Å². The number of aldehydes is 1. The van der Waals surface area contributed by atoms with Gasteiger partial charge in [-0.25, -0.2) is 4.98 Å². The summed E-state index contributed by atoms with van der Waals surface area (Å²) in [7, 11) is 3.85. The van der Waals surface area contributed by atoms with Crippen LogP contribution in [-0.4, -0.2) is 46.8 Å². The first kappa shape index (κ1) is 27.0. The summed E-state index contributed by atoms with van der Waals surface area (Å²) in [5, 5.41) is 6.82. The lowest BCUT2D eigenvalue weighted by molar-refractivity contribution is -0.115. The van der Waals surface area contributed by atoms with Gasteiger partial charge < -0.3 is 20.0 Å². The Morgan fingerprint density at radius 2 is 1.82 bits per heavy atom. The predicted octanol–water partition coefficient (Wildman–Crippen LogP) is 6.10. The number of nitrogens with one attached hydrogen (secondary N) is 2. The van der Waals surface area contributed by atoms with Crippen LogP contribution in [0.5, 0.6) is 0 Å². The Kier molecular flexibility index (Phi) is 6.99. The van der Waals surface area contributed by atoms with E-state index in [1.807, 2.05) is 42.9 Å². The van der Waals surface area contributed by atoms with E-state index >= 15 is 0 Å². The molecule has 0 radical (unpaired) electrons. The second kappa shape index (κ2) is 10.3. The average Bonchev–Trinajstić information content (AvgIpc) is 3.63. The minimum atomic E-state index is -0.261. The zero-order chi connectivity index (χ0) is 28.1. The summed E-state index contributed by atoms with van der Waals surface area (Å²) in [5.41, 5.74) is 7.06. The van der Waals surface area contributed by atoms with Gasteiger partial charge in [0.05, 0.1) is 16.4 Å². The molecule has 0 unspecified atom stereocenters. The van der Waals surface area contributed by atoms with Gasteiger partial charge in [-0.3, -0.25) is 9.69 Å². The highest BCUT2D eigenvalue weighted by atomic mass is 35.5. The Morgan fingerprint density at radius 1 is 1.10 bits per heavy atom. The van der Waals surface area contributed by atoms with Crippen LogP contribution in [0.2, 0.25) is 5.02 Å². The lowest BCUT2D eigenvalue weighted by Crippen LogP contribution is -2.39. The molecule has 2 bridgehead atoms. The molecule has 2 saturated carbocycles. The fourth-order valence-electron chi connectivity index (χ4n) is 7.62. The largest absolute Gasteiger partial charge is 0.388 e. The zero-order valence-corrected chi connectivity index (χ0v) is 24.4. The van der Waals surface area contributed by atoms with Crippen LogP contribution in [0.4, 0.5) is 11.4 Å². The van der Waals surface area contributed by atoms with Crippen molar-refractivity contribution < 1.29 is 9.59 Å². The van der Waals surface area contributed by atoms with E-state index < -0.39 is 0 Å². The molecule has 3 aromatic rings. The maximum absolute atomic E-state index is 13.5. The van der Waals surface area contributed by atoms with Gasteiger partial charge in [0.2, 0.25) is 0 Å². The van der Waals surface area contributed by atoms with E-state index in [0.29, 0.717) is 16.5 Å². The SMILES string of the molecule is CCc1c(NC)cccc1-c1cccc(NC(=O)c2nc3c(n2C)CCN(CC24CCC(C=O)(CC2)C4)C3)c1Cl. The summed E-state index contributed by atoms with van der Waals surface area (Å²) in [5.74, 6) is 0.141. The highest BCUT2D eigenvalue weighted by Crippen LogP contribution is 2.60. The van der Waals surface area contributed by atoms with Crippen molar-refractivity contribution in [1.82, 2.24) is 14.5 Å². The summed E-state index contributed by atoms with van der Waals surface area (Å²) in [4.78, 5) is 32.5. The van der Waals surface area contributed by atoms with Gasteiger partial charge in [-0.1, -0.05) is 42.8 Å². The summed E-state index contributed by atoms with van der Waals surface area (Å²) >= 11 is 6.90. The van der Waals surface area contributed by atoms with Crippen LogP contribution in [0.25, 0.3) is 11.1 Å². The number of nitrogens with zero attached hydrogens (tertiary/aromatic N) is 3. The fourth-order valence-corrected chi connectivity index (χ4v) is 7.89. The van der Waals surface area contributed by atoms with Crippen molar-refractivity contribution in [3.05, 3.63) is 64.2 Å². The van der Waals surface area contributed by atoms with Crippen molar-refractivity contribution in [1.29, 1.82) is 0 Å². The first-order chi connectivity index (χ1) is 19.3. The van der Waals surface area contributed by atoms with E-state index in [1.165, 1.54) is 11.8 Å². The number of imidazole rings is 1. The standard InChI is InChI=1S/C32H38ClN5O2/c1-4-21-22(7-5-9-24(21)34-2)23-8-6-10-25(28(23)33)36-30(40)29-35-26-17-38(16-11-27(26)37(29)3)19-31-12-14-32(18-31,20-39)15-13-31/h5-10,20,34H,4,11-19H2,1-3H3,(H,36,40). The van der Waals surface area contributed by atoms with Gasteiger partial charge in [-0.05, 0) is 67.2 Å². The normalized spacial score (nSPS) is 23.7. The number of hydrogen-bond donors (Lipinski definition) is 2. The number of anilines is 2. The molecule has 1 amide bonds. The van der Waals surface area contributed by atoms with Gasteiger partial charge in [0.25, 0.3) is 5.91 Å². The highest BCUT2D eigenvalue weighted by Gasteiger charge is 2.54. The van der Waals surface area contributed by atoms with E-state index in [0.717, 1.165) is 92.8 Å². The monoisotopic (exact) mass is 559 g/mol. The van der Waals surface area contributed by atoms with E-state index in [4.69, 9.17) is 16.6 Å². The molecule has 0 saturated heterocycles. The molecular formula is C32H38ClN5O2. The van der Waals surface area contributed by atoms with E-state index in [9.17, 15) is 9.59 Å². The zero-order valence-electron chi connectivity index (χ0n) is 23.6. The molecule has 1 aliphatic heterocycles. The molecule has 1 aromatic heterocycles. The Morgan fingerprint density at radius 3 is 2.50 bits per heavy atom. The number of hydrogen-bond acceptors (Lipinski definition) is 5. The predicted molar refractivity (Wildman–Crippen MR) is 160 cm³/mol. The lowest BCUT2D eigenvalue weighted by atomic mass is 9.82. The number of halogens is 1. The molecule has 0 spiro atoms. The van der Waals surface area contributed by atoms with Gasteiger partial charge >= 0.3 is 0 Å². The number of rotatable bonds is 8. The number of benzene rings is 2. The van der Waals surface area contributed by atoms with Crippen LogP contribution in [0, 0.1) is 10.8 Å². The topological polar surface area (TPSA) is 79.3 Å². The third-order valence-electron chi connectivity index (χ3n) is 9.72. The van der Waals surface area contributed by atoms with Gasteiger partial charge in [0.15, 0.2) is 5.82 Å². The van der Waals surface area contributed by atoms with Crippen molar-refractivity contribution in [2.24, 2.45) is 17.9 Å². The first-order valence-electron chi connectivity index (χ1n) is 14.4. The molecule has 8 heteroatoms. The van der Waals surface area contributed by atoms with Crippen LogP contribution in [0.1, 0.15) is 66.6 Å². The number of fused-ring (bicyclic) bond motifs is 3. The molecule has 210 valence electrons. The number of aromatic nitrogens is 2. The van der Waals surface area contributed by atoms with Crippen molar-refractivity contribution in [3.63, 3.8) is 0 Å². The molecule has 3 aliphatic rings. The van der Waals surface area contributed by atoms with Gasteiger partial charge in [-0.2, -0.15) is 0 Å². The number of amides is 1. The van der Waals surface area contributed by atoms with Gasteiger partial charge in [0.1, 0.15) is 6.29 Å². The summed E-state index contributed by atoms with van der Waals surface area (Å²) < 4.78 is 1.94. The van der Waals surface area contributed by atoms with Crippen molar-refractivity contribution in [2.75, 3.05) is 30.8 Å². The molecular weight excluding hydrogens is 522 g/mol. The van der Waals surface area contributed by atoms with E-state index in [2.05, 4.69) is 34.6 Å². The fraction of sp³-hybridized carbons (Fsp3) is 0.469. The molecule has 2 aliphatic carbocycles. The molecule has 6 rings (SSSR count).